The SMILES string of the molecule is O=C(O)CCNC(=O)COc1ccc(N2CCCC2=O)cc1. The van der Waals surface area contributed by atoms with E-state index in [1.807, 2.05) is 0 Å². The average molecular weight is 306 g/mol. The summed E-state index contributed by atoms with van der Waals surface area (Å²) >= 11 is 0. The van der Waals surface area contributed by atoms with E-state index in [1.54, 1.807) is 29.2 Å². The van der Waals surface area contributed by atoms with E-state index in [9.17, 15) is 14.4 Å². The third-order valence-corrected chi connectivity index (χ3v) is 3.25. The highest BCUT2D eigenvalue weighted by Gasteiger charge is 2.21. The van der Waals surface area contributed by atoms with Crippen molar-refractivity contribution in [3.63, 3.8) is 0 Å². The molecular formula is C15H18N2O5. The van der Waals surface area contributed by atoms with Gasteiger partial charge in [-0.2, -0.15) is 0 Å². The Labute approximate surface area is 127 Å². The number of benzene rings is 1. The molecule has 22 heavy (non-hydrogen) atoms. The zero-order chi connectivity index (χ0) is 15.9. The van der Waals surface area contributed by atoms with Gasteiger partial charge in [-0.25, -0.2) is 0 Å². The third-order valence-electron chi connectivity index (χ3n) is 3.25. The molecule has 0 aromatic heterocycles. The first-order chi connectivity index (χ1) is 10.6. The van der Waals surface area contributed by atoms with Crippen molar-refractivity contribution in [1.82, 2.24) is 5.32 Å². The van der Waals surface area contributed by atoms with Crippen LogP contribution in [0.2, 0.25) is 0 Å². The first kappa shape index (κ1) is 15.8. The van der Waals surface area contributed by atoms with E-state index < -0.39 is 5.97 Å². The lowest BCUT2D eigenvalue weighted by molar-refractivity contribution is -0.137. The Hall–Kier alpha value is -2.57. The Morgan fingerprint density at radius 2 is 2.00 bits per heavy atom. The van der Waals surface area contributed by atoms with Gasteiger partial charge in [-0.1, -0.05) is 0 Å². The van der Waals surface area contributed by atoms with E-state index >= 15 is 0 Å². The summed E-state index contributed by atoms with van der Waals surface area (Å²) in [5, 5.41) is 10.9. The Kier molecular flexibility index (Phi) is 5.35. The molecule has 7 nitrogen and oxygen atoms in total. The van der Waals surface area contributed by atoms with Crippen LogP contribution in [-0.2, 0) is 14.4 Å². The molecule has 0 atom stereocenters. The number of carbonyl (C=O) groups is 3. The standard InChI is InChI=1S/C15H18N2O5/c18-13(16-8-7-15(20)21)10-22-12-5-3-11(4-6-12)17-9-1-2-14(17)19/h3-6H,1-2,7-10H2,(H,16,18)(H,20,21). The van der Waals surface area contributed by atoms with Crippen LogP contribution in [0, 0.1) is 0 Å². The van der Waals surface area contributed by atoms with Crippen molar-refractivity contribution in [2.45, 2.75) is 19.3 Å². The Morgan fingerprint density at radius 1 is 1.27 bits per heavy atom. The number of nitrogens with one attached hydrogen (secondary N) is 1. The van der Waals surface area contributed by atoms with Gasteiger partial charge in [-0.3, -0.25) is 14.4 Å². The Morgan fingerprint density at radius 3 is 2.59 bits per heavy atom. The van der Waals surface area contributed by atoms with Crippen molar-refractivity contribution in [1.29, 1.82) is 0 Å². The molecule has 0 bridgehead atoms. The average Bonchev–Trinajstić information content (AvgIpc) is 2.91. The molecule has 2 rings (SSSR count). The lowest BCUT2D eigenvalue weighted by Gasteiger charge is -2.16. The molecule has 1 aromatic rings. The second-order valence-corrected chi connectivity index (χ2v) is 4.93. The van der Waals surface area contributed by atoms with Gasteiger partial charge in [0.25, 0.3) is 5.91 Å². The van der Waals surface area contributed by atoms with Gasteiger partial charge < -0.3 is 20.1 Å². The Balaban J connectivity index is 1.78. The number of rotatable bonds is 7. The molecule has 0 saturated carbocycles. The number of anilines is 1. The van der Waals surface area contributed by atoms with Crippen LogP contribution in [0.5, 0.6) is 5.75 Å². The highest BCUT2D eigenvalue weighted by Crippen LogP contribution is 2.23. The minimum absolute atomic E-state index is 0.0769. The van der Waals surface area contributed by atoms with E-state index in [0.29, 0.717) is 12.2 Å². The smallest absolute Gasteiger partial charge is 0.305 e. The number of aliphatic carboxylic acids is 1. The molecule has 1 aliphatic rings. The number of nitrogens with zero attached hydrogens (tertiary/aromatic N) is 1. The van der Waals surface area contributed by atoms with E-state index in [-0.39, 0.29) is 31.4 Å². The topological polar surface area (TPSA) is 95.9 Å². The molecule has 0 radical (unpaired) electrons. The molecule has 2 N–H and O–H groups in total. The molecule has 0 aliphatic carbocycles. The lowest BCUT2D eigenvalue weighted by atomic mass is 10.3. The number of carboxylic acids is 1. The van der Waals surface area contributed by atoms with E-state index in [1.165, 1.54) is 0 Å². The van der Waals surface area contributed by atoms with Gasteiger partial charge in [0.15, 0.2) is 6.61 Å². The van der Waals surface area contributed by atoms with Crippen LogP contribution in [0.25, 0.3) is 0 Å². The van der Waals surface area contributed by atoms with Crippen LogP contribution in [0.1, 0.15) is 19.3 Å². The van der Waals surface area contributed by atoms with E-state index in [0.717, 1.165) is 18.7 Å². The number of carboxylic acid groups (broad SMARTS) is 1. The summed E-state index contributed by atoms with van der Waals surface area (Å²) in [7, 11) is 0. The van der Waals surface area contributed by atoms with Crippen LogP contribution in [0.4, 0.5) is 5.69 Å². The number of carbonyl (C=O) groups excluding carboxylic acids is 2. The van der Waals surface area contributed by atoms with Crippen LogP contribution in [0.15, 0.2) is 24.3 Å². The van der Waals surface area contributed by atoms with Gasteiger partial charge in [0.2, 0.25) is 5.91 Å². The second-order valence-electron chi connectivity index (χ2n) is 4.93. The van der Waals surface area contributed by atoms with Gasteiger partial charge in [0.1, 0.15) is 5.75 Å². The van der Waals surface area contributed by atoms with Crippen molar-refractivity contribution < 1.29 is 24.2 Å². The fourth-order valence-electron chi connectivity index (χ4n) is 2.15. The molecular weight excluding hydrogens is 288 g/mol. The third kappa shape index (κ3) is 4.47. The molecule has 0 unspecified atom stereocenters. The summed E-state index contributed by atoms with van der Waals surface area (Å²) < 4.78 is 5.31. The molecule has 1 fully saturated rings. The fourth-order valence-corrected chi connectivity index (χ4v) is 2.15. The summed E-state index contributed by atoms with van der Waals surface area (Å²) in [6.45, 7) is 0.625. The normalized spacial score (nSPS) is 14.0. The minimum atomic E-state index is -0.965. The minimum Gasteiger partial charge on any atom is -0.484 e. The Bertz CT molecular complexity index is 556. The predicted octanol–water partition coefficient (Wildman–Crippen LogP) is 0.783. The molecule has 118 valence electrons. The highest BCUT2D eigenvalue weighted by atomic mass is 16.5. The first-order valence-corrected chi connectivity index (χ1v) is 7.08. The lowest BCUT2D eigenvalue weighted by Crippen LogP contribution is -2.30. The second kappa shape index (κ2) is 7.44. The largest absolute Gasteiger partial charge is 0.484 e. The fraction of sp³-hybridized carbons (Fsp3) is 0.400. The monoisotopic (exact) mass is 306 g/mol. The van der Waals surface area contributed by atoms with Crippen LogP contribution in [-0.4, -0.2) is 42.6 Å². The number of hydrogen-bond acceptors (Lipinski definition) is 4. The van der Waals surface area contributed by atoms with Crippen molar-refractivity contribution in [3.05, 3.63) is 24.3 Å². The van der Waals surface area contributed by atoms with Crippen molar-refractivity contribution in [2.75, 3.05) is 24.6 Å². The maximum Gasteiger partial charge on any atom is 0.305 e. The van der Waals surface area contributed by atoms with Crippen molar-refractivity contribution in [2.24, 2.45) is 0 Å². The summed E-state index contributed by atoms with van der Waals surface area (Å²) in [4.78, 5) is 35.1. The molecule has 1 aliphatic heterocycles. The molecule has 2 amide bonds. The molecule has 7 heteroatoms. The quantitative estimate of drug-likeness (QED) is 0.776. The molecule has 0 spiro atoms. The summed E-state index contributed by atoms with van der Waals surface area (Å²) in [5.74, 6) is -0.705. The number of hydrogen-bond donors (Lipinski definition) is 2. The summed E-state index contributed by atoms with van der Waals surface area (Å²) in [6, 6.07) is 6.96. The molecule has 1 saturated heterocycles. The van der Waals surface area contributed by atoms with Crippen molar-refractivity contribution in [3.8, 4) is 5.75 Å². The summed E-state index contributed by atoms with van der Waals surface area (Å²) in [6.07, 6.45) is 1.33. The zero-order valence-corrected chi connectivity index (χ0v) is 12.1. The van der Waals surface area contributed by atoms with Crippen LogP contribution < -0.4 is 15.0 Å². The summed E-state index contributed by atoms with van der Waals surface area (Å²) in [5.41, 5.74) is 0.820. The predicted molar refractivity (Wildman–Crippen MR) is 78.8 cm³/mol. The van der Waals surface area contributed by atoms with E-state index in [4.69, 9.17) is 9.84 Å². The zero-order valence-electron chi connectivity index (χ0n) is 12.1. The number of ether oxygens (including phenoxy) is 1. The number of amides is 2. The van der Waals surface area contributed by atoms with Crippen LogP contribution in [0.3, 0.4) is 0 Å². The van der Waals surface area contributed by atoms with Gasteiger partial charge in [-0.15, -0.1) is 0 Å². The first-order valence-electron chi connectivity index (χ1n) is 7.08. The van der Waals surface area contributed by atoms with Gasteiger partial charge in [-0.05, 0) is 30.7 Å². The van der Waals surface area contributed by atoms with Crippen molar-refractivity contribution >= 4 is 23.5 Å². The van der Waals surface area contributed by atoms with Gasteiger partial charge in [0.05, 0.1) is 6.42 Å². The highest BCUT2D eigenvalue weighted by molar-refractivity contribution is 5.95. The van der Waals surface area contributed by atoms with E-state index in [2.05, 4.69) is 5.32 Å². The maximum absolute atomic E-state index is 11.6. The maximum atomic E-state index is 11.6. The van der Waals surface area contributed by atoms with Gasteiger partial charge in [0, 0.05) is 25.2 Å². The van der Waals surface area contributed by atoms with Crippen LogP contribution >= 0.6 is 0 Å². The van der Waals surface area contributed by atoms with Gasteiger partial charge >= 0.3 is 5.97 Å². The molecule has 1 aromatic carbocycles. The molecule has 1 heterocycles.